The Kier molecular flexibility index (Phi) is 2.04. The Morgan fingerprint density at radius 2 is 2.15 bits per heavy atom. The van der Waals surface area contributed by atoms with Gasteiger partial charge in [-0.2, -0.15) is 0 Å². The maximum Gasteiger partial charge on any atom is 0.309 e. The van der Waals surface area contributed by atoms with Gasteiger partial charge in [0.2, 0.25) is 0 Å². The number of likely N-dealkylation sites (tertiary alicyclic amines) is 1. The first-order valence-electron chi connectivity index (χ1n) is 4.85. The highest BCUT2D eigenvalue weighted by atomic mass is 16.4. The van der Waals surface area contributed by atoms with Gasteiger partial charge < -0.3 is 10.8 Å². The summed E-state index contributed by atoms with van der Waals surface area (Å²) in [6, 6.07) is 0.540. The van der Waals surface area contributed by atoms with Gasteiger partial charge >= 0.3 is 5.97 Å². The van der Waals surface area contributed by atoms with E-state index in [2.05, 4.69) is 4.90 Å². The molecule has 2 aliphatic rings. The first kappa shape index (κ1) is 8.97. The van der Waals surface area contributed by atoms with Crippen molar-refractivity contribution in [2.45, 2.75) is 37.9 Å². The normalized spacial score (nSPS) is 40.9. The molecule has 0 amide bonds. The lowest BCUT2D eigenvalue weighted by atomic mass is 9.98. The minimum atomic E-state index is -0.747. The number of nitrogens with zero attached hydrogens (tertiary/aromatic N) is 1. The van der Waals surface area contributed by atoms with E-state index >= 15 is 0 Å². The Morgan fingerprint density at radius 3 is 2.54 bits per heavy atom. The molecule has 3 N–H and O–H groups in total. The zero-order valence-corrected chi connectivity index (χ0v) is 7.81. The van der Waals surface area contributed by atoms with E-state index in [1.54, 1.807) is 0 Å². The summed E-state index contributed by atoms with van der Waals surface area (Å²) in [5.41, 5.74) is 5.80. The Labute approximate surface area is 77.7 Å². The second kappa shape index (κ2) is 2.96. The molecular formula is C9H16N2O2. The van der Waals surface area contributed by atoms with Gasteiger partial charge in [-0.15, -0.1) is 0 Å². The molecule has 0 spiro atoms. The van der Waals surface area contributed by atoms with Gasteiger partial charge in [-0.1, -0.05) is 0 Å². The van der Waals surface area contributed by atoms with E-state index in [0.29, 0.717) is 6.04 Å². The summed E-state index contributed by atoms with van der Waals surface area (Å²) in [5.74, 6) is -1.12. The van der Waals surface area contributed by atoms with Gasteiger partial charge in [0.25, 0.3) is 0 Å². The molecule has 0 aromatic carbocycles. The number of hydrogen-bond acceptors (Lipinski definition) is 3. The fourth-order valence-electron chi connectivity index (χ4n) is 2.36. The van der Waals surface area contributed by atoms with Crippen molar-refractivity contribution in [3.8, 4) is 0 Å². The lowest BCUT2D eigenvalue weighted by Crippen LogP contribution is -2.37. The Bertz CT molecular complexity index is 228. The second-order valence-electron chi connectivity index (χ2n) is 4.20. The van der Waals surface area contributed by atoms with Crippen LogP contribution in [0.1, 0.15) is 19.8 Å². The van der Waals surface area contributed by atoms with Crippen LogP contribution in [-0.4, -0.2) is 40.6 Å². The molecular weight excluding hydrogens is 168 g/mol. The molecule has 2 rings (SSSR count). The Morgan fingerprint density at radius 1 is 1.54 bits per heavy atom. The highest BCUT2D eigenvalue weighted by Gasteiger charge is 2.46. The zero-order valence-electron chi connectivity index (χ0n) is 7.81. The SMILES string of the molecule is CC1C(C(=O)O)C(N)CN1C1CC1. The predicted octanol–water partition coefficient (Wildman–Crippen LogP) is -0.119. The molecule has 1 heterocycles. The standard InChI is InChI=1S/C9H16N2O2/c1-5-8(9(12)13)7(10)4-11(5)6-2-3-6/h5-8H,2-4,10H2,1H3,(H,12,13). The summed E-state index contributed by atoms with van der Waals surface area (Å²) < 4.78 is 0. The minimum Gasteiger partial charge on any atom is -0.481 e. The van der Waals surface area contributed by atoms with Gasteiger partial charge in [0, 0.05) is 24.7 Å². The molecule has 3 unspecified atom stereocenters. The molecule has 13 heavy (non-hydrogen) atoms. The lowest BCUT2D eigenvalue weighted by molar-refractivity contribution is -0.142. The number of carbonyl (C=O) groups is 1. The van der Waals surface area contributed by atoms with E-state index in [1.165, 1.54) is 12.8 Å². The number of carboxylic acid groups (broad SMARTS) is 1. The van der Waals surface area contributed by atoms with Crippen LogP contribution in [-0.2, 0) is 4.79 Å². The van der Waals surface area contributed by atoms with Crippen LogP contribution < -0.4 is 5.73 Å². The smallest absolute Gasteiger partial charge is 0.309 e. The van der Waals surface area contributed by atoms with Crippen LogP contribution in [0.4, 0.5) is 0 Å². The molecule has 1 aliphatic carbocycles. The monoisotopic (exact) mass is 184 g/mol. The average molecular weight is 184 g/mol. The van der Waals surface area contributed by atoms with Crippen LogP contribution in [0, 0.1) is 5.92 Å². The third-order valence-corrected chi connectivity index (χ3v) is 3.23. The van der Waals surface area contributed by atoms with Crippen molar-refractivity contribution in [3.63, 3.8) is 0 Å². The Hall–Kier alpha value is -0.610. The van der Waals surface area contributed by atoms with Crippen molar-refractivity contribution < 1.29 is 9.90 Å². The third-order valence-electron chi connectivity index (χ3n) is 3.23. The van der Waals surface area contributed by atoms with Gasteiger partial charge in [-0.3, -0.25) is 9.69 Å². The van der Waals surface area contributed by atoms with Crippen LogP contribution >= 0.6 is 0 Å². The Balaban J connectivity index is 2.08. The summed E-state index contributed by atoms with van der Waals surface area (Å²) in [6.07, 6.45) is 2.42. The van der Waals surface area contributed by atoms with Crippen molar-refractivity contribution in [1.29, 1.82) is 0 Å². The lowest BCUT2D eigenvalue weighted by Gasteiger charge is -2.21. The second-order valence-corrected chi connectivity index (χ2v) is 4.20. The minimum absolute atomic E-state index is 0.111. The summed E-state index contributed by atoms with van der Waals surface area (Å²) >= 11 is 0. The maximum atomic E-state index is 10.9. The summed E-state index contributed by atoms with van der Waals surface area (Å²) in [7, 11) is 0. The highest BCUT2D eigenvalue weighted by molar-refractivity contribution is 5.72. The molecule has 1 aliphatic heterocycles. The van der Waals surface area contributed by atoms with Crippen molar-refractivity contribution >= 4 is 5.97 Å². The fraction of sp³-hybridized carbons (Fsp3) is 0.889. The van der Waals surface area contributed by atoms with E-state index in [4.69, 9.17) is 10.8 Å². The highest BCUT2D eigenvalue weighted by Crippen LogP contribution is 2.35. The average Bonchev–Trinajstić information content (AvgIpc) is 2.78. The molecule has 74 valence electrons. The summed E-state index contributed by atoms with van der Waals surface area (Å²) in [5, 5.41) is 8.97. The van der Waals surface area contributed by atoms with Crippen molar-refractivity contribution in [2.24, 2.45) is 11.7 Å². The number of aliphatic carboxylic acids is 1. The largest absolute Gasteiger partial charge is 0.481 e. The van der Waals surface area contributed by atoms with Crippen LogP contribution in [0.5, 0.6) is 0 Å². The van der Waals surface area contributed by atoms with E-state index in [1.807, 2.05) is 6.92 Å². The van der Waals surface area contributed by atoms with Crippen molar-refractivity contribution in [3.05, 3.63) is 0 Å². The maximum absolute atomic E-state index is 10.9. The summed E-state index contributed by atoms with van der Waals surface area (Å²) in [6.45, 7) is 2.73. The first-order chi connectivity index (χ1) is 6.11. The third kappa shape index (κ3) is 1.44. The van der Waals surface area contributed by atoms with Gasteiger partial charge in [-0.05, 0) is 19.8 Å². The van der Waals surface area contributed by atoms with E-state index < -0.39 is 5.97 Å². The number of hydrogen-bond donors (Lipinski definition) is 2. The van der Waals surface area contributed by atoms with Gasteiger partial charge in [-0.25, -0.2) is 0 Å². The van der Waals surface area contributed by atoms with Gasteiger partial charge in [0.05, 0.1) is 5.92 Å². The molecule has 0 bridgehead atoms. The molecule has 0 radical (unpaired) electrons. The molecule has 4 heteroatoms. The first-order valence-corrected chi connectivity index (χ1v) is 4.85. The molecule has 4 nitrogen and oxygen atoms in total. The van der Waals surface area contributed by atoms with Crippen LogP contribution in [0.3, 0.4) is 0 Å². The molecule has 2 fully saturated rings. The van der Waals surface area contributed by atoms with Crippen LogP contribution in [0.25, 0.3) is 0 Å². The number of carboxylic acids is 1. The molecule has 0 aromatic heterocycles. The predicted molar refractivity (Wildman–Crippen MR) is 48.3 cm³/mol. The quantitative estimate of drug-likeness (QED) is 0.628. The number of nitrogens with two attached hydrogens (primary N) is 1. The zero-order chi connectivity index (χ0) is 9.59. The van der Waals surface area contributed by atoms with Gasteiger partial charge in [0.1, 0.15) is 0 Å². The van der Waals surface area contributed by atoms with E-state index in [9.17, 15) is 4.79 Å². The molecule has 0 aromatic rings. The van der Waals surface area contributed by atoms with Crippen molar-refractivity contribution in [1.82, 2.24) is 4.90 Å². The van der Waals surface area contributed by atoms with E-state index in [0.717, 1.165) is 6.54 Å². The molecule has 3 atom stereocenters. The van der Waals surface area contributed by atoms with Crippen molar-refractivity contribution in [2.75, 3.05) is 6.54 Å². The van der Waals surface area contributed by atoms with Crippen LogP contribution in [0.2, 0.25) is 0 Å². The number of rotatable bonds is 2. The molecule has 1 saturated heterocycles. The summed E-state index contributed by atoms with van der Waals surface area (Å²) in [4.78, 5) is 13.2. The van der Waals surface area contributed by atoms with E-state index in [-0.39, 0.29) is 18.0 Å². The molecule has 1 saturated carbocycles. The van der Waals surface area contributed by atoms with Gasteiger partial charge in [0.15, 0.2) is 0 Å². The topological polar surface area (TPSA) is 66.6 Å². The fourth-order valence-corrected chi connectivity index (χ4v) is 2.36. The van der Waals surface area contributed by atoms with Crippen LogP contribution in [0.15, 0.2) is 0 Å².